The Hall–Kier alpha value is -0.830. The smallest absolute Gasteiger partial charge is 0.328 e. The fourth-order valence-electron chi connectivity index (χ4n) is 5.54. The van der Waals surface area contributed by atoms with Gasteiger partial charge in [-0.25, -0.2) is 4.79 Å². The monoisotopic (exact) mass is 264 g/mol. The van der Waals surface area contributed by atoms with Crippen molar-refractivity contribution in [3.63, 3.8) is 0 Å². The van der Waals surface area contributed by atoms with Crippen LogP contribution in [-0.4, -0.2) is 21.8 Å². The zero-order chi connectivity index (χ0) is 13.8. The van der Waals surface area contributed by atoms with Gasteiger partial charge in [0.25, 0.3) is 0 Å². The van der Waals surface area contributed by atoms with Crippen LogP contribution in [0, 0.1) is 23.2 Å². The minimum absolute atomic E-state index is 0.0363. The van der Waals surface area contributed by atoms with Crippen LogP contribution in [0.25, 0.3) is 0 Å². The summed E-state index contributed by atoms with van der Waals surface area (Å²) >= 11 is 0. The molecule has 3 nitrogen and oxygen atoms in total. The molecule has 0 spiro atoms. The Morgan fingerprint density at radius 1 is 1.11 bits per heavy atom. The summed E-state index contributed by atoms with van der Waals surface area (Å²) in [5.41, 5.74) is -0.290. The molecule has 2 N–H and O–H groups in total. The average molecular weight is 264 g/mol. The van der Waals surface area contributed by atoms with Crippen LogP contribution in [0.15, 0.2) is 11.6 Å². The van der Waals surface area contributed by atoms with E-state index in [0.29, 0.717) is 0 Å². The lowest BCUT2D eigenvalue weighted by Crippen LogP contribution is -2.50. The molecule has 106 valence electrons. The second-order valence-electron chi connectivity index (χ2n) is 7.65. The van der Waals surface area contributed by atoms with Crippen LogP contribution in [-0.2, 0) is 4.79 Å². The summed E-state index contributed by atoms with van der Waals surface area (Å²) in [6.07, 6.45) is 8.53. The number of aliphatic hydroxyl groups is 1. The number of carboxylic acid groups (broad SMARTS) is 1. The van der Waals surface area contributed by atoms with Crippen molar-refractivity contribution in [2.75, 3.05) is 0 Å². The van der Waals surface area contributed by atoms with E-state index in [-0.39, 0.29) is 5.41 Å². The van der Waals surface area contributed by atoms with E-state index in [1.165, 1.54) is 25.3 Å². The van der Waals surface area contributed by atoms with Gasteiger partial charge in [-0.1, -0.05) is 0 Å². The molecule has 4 rings (SSSR count). The van der Waals surface area contributed by atoms with E-state index in [9.17, 15) is 9.90 Å². The lowest BCUT2D eigenvalue weighted by atomic mass is 9.46. The third-order valence-corrected chi connectivity index (χ3v) is 5.54. The number of hydrogen-bond acceptors (Lipinski definition) is 2. The zero-order valence-corrected chi connectivity index (χ0v) is 11.9. The molecule has 4 aliphatic rings. The molecule has 4 fully saturated rings. The second-order valence-corrected chi connectivity index (χ2v) is 7.65. The highest BCUT2D eigenvalue weighted by Gasteiger charge is 2.54. The predicted molar refractivity (Wildman–Crippen MR) is 72.6 cm³/mol. The van der Waals surface area contributed by atoms with Gasteiger partial charge in [0, 0.05) is 6.08 Å². The summed E-state index contributed by atoms with van der Waals surface area (Å²) < 4.78 is 0. The minimum atomic E-state index is -1.02. The SMILES string of the molecule is CC(C)(O)/C(=C\C(=O)O)C12CC3CC(CC(C3)C1)C2. The van der Waals surface area contributed by atoms with Gasteiger partial charge in [0.05, 0.1) is 5.60 Å². The number of hydrogen-bond donors (Lipinski definition) is 2. The lowest BCUT2D eigenvalue weighted by molar-refractivity contribution is -0.132. The Balaban J connectivity index is 2.00. The molecule has 0 unspecified atom stereocenters. The van der Waals surface area contributed by atoms with Gasteiger partial charge in [0.15, 0.2) is 0 Å². The predicted octanol–water partition coefficient (Wildman–Crippen LogP) is 2.98. The molecular formula is C16H24O3. The Morgan fingerprint density at radius 3 is 1.84 bits per heavy atom. The summed E-state index contributed by atoms with van der Waals surface area (Å²) in [5.74, 6) is 1.34. The van der Waals surface area contributed by atoms with Crippen molar-refractivity contribution in [2.24, 2.45) is 23.2 Å². The molecule has 3 heteroatoms. The van der Waals surface area contributed by atoms with Crippen molar-refractivity contribution >= 4 is 5.97 Å². The normalized spacial score (nSPS) is 41.6. The van der Waals surface area contributed by atoms with Gasteiger partial charge >= 0.3 is 5.97 Å². The number of aliphatic carboxylic acids is 1. The van der Waals surface area contributed by atoms with E-state index in [0.717, 1.165) is 42.6 Å². The van der Waals surface area contributed by atoms with Gasteiger partial charge in [0.2, 0.25) is 0 Å². The van der Waals surface area contributed by atoms with Gasteiger partial charge in [0.1, 0.15) is 0 Å². The van der Waals surface area contributed by atoms with E-state index in [4.69, 9.17) is 5.11 Å². The second kappa shape index (κ2) is 4.08. The molecule has 0 heterocycles. The van der Waals surface area contributed by atoms with E-state index in [2.05, 4.69) is 0 Å². The highest BCUT2D eigenvalue weighted by Crippen LogP contribution is 2.63. The molecule has 0 aliphatic heterocycles. The van der Waals surface area contributed by atoms with Gasteiger partial charge in [-0.3, -0.25) is 0 Å². The van der Waals surface area contributed by atoms with Crippen LogP contribution in [0.2, 0.25) is 0 Å². The van der Waals surface area contributed by atoms with Gasteiger partial charge in [-0.05, 0) is 81.1 Å². The summed E-state index contributed by atoms with van der Waals surface area (Å²) in [5, 5.41) is 19.6. The summed E-state index contributed by atoms with van der Waals surface area (Å²) in [4.78, 5) is 11.2. The summed E-state index contributed by atoms with van der Waals surface area (Å²) in [7, 11) is 0. The fraction of sp³-hybridized carbons (Fsp3) is 0.812. The average Bonchev–Trinajstić information content (AvgIpc) is 2.22. The van der Waals surface area contributed by atoms with E-state index >= 15 is 0 Å². The minimum Gasteiger partial charge on any atom is -0.478 e. The van der Waals surface area contributed by atoms with Gasteiger partial charge < -0.3 is 10.2 Å². The maximum atomic E-state index is 11.2. The van der Waals surface area contributed by atoms with Crippen molar-refractivity contribution in [3.05, 3.63) is 11.6 Å². The van der Waals surface area contributed by atoms with Crippen molar-refractivity contribution in [3.8, 4) is 0 Å². The fourth-order valence-corrected chi connectivity index (χ4v) is 5.54. The number of rotatable bonds is 3. The summed E-state index contributed by atoms with van der Waals surface area (Å²) in [6.45, 7) is 3.47. The van der Waals surface area contributed by atoms with Gasteiger partial charge in [-0.2, -0.15) is 0 Å². The van der Waals surface area contributed by atoms with Gasteiger partial charge in [-0.15, -0.1) is 0 Å². The molecule has 4 bridgehead atoms. The quantitative estimate of drug-likeness (QED) is 0.770. The first kappa shape index (κ1) is 13.2. The first-order valence-corrected chi connectivity index (χ1v) is 7.46. The van der Waals surface area contributed by atoms with E-state index in [1.807, 2.05) is 0 Å². The van der Waals surface area contributed by atoms with Crippen LogP contribution in [0.3, 0.4) is 0 Å². The standard InChI is InChI=1S/C16H24O3/c1-15(2,19)13(6-14(17)18)16-7-10-3-11(8-16)5-12(4-10)9-16/h6,10-12,19H,3-5,7-9H2,1-2H3,(H,17,18)/b13-6+. The molecular weight excluding hydrogens is 240 g/mol. The van der Waals surface area contributed by atoms with Crippen molar-refractivity contribution in [2.45, 2.75) is 58.0 Å². The first-order valence-electron chi connectivity index (χ1n) is 7.46. The van der Waals surface area contributed by atoms with Crippen LogP contribution in [0.5, 0.6) is 0 Å². The molecule has 4 aliphatic carbocycles. The Labute approximate surface area is 114 Å². The zero-order valence-electron chi connectivity index (χ0n) is 11.9. The topological polar surface area (TPSA) is 57.5 Å². The Kier molecular flexibility index (Phi) is 2.83. The van der Waals surface area contributed by atoms with Crippen molar-refractivity contribution < 1.29 is 15.0 Å². The van der Waals surface area contributed by atoms with E-state index < -0.39 is 11.6 Å². The molecule has 0 radical (unpaired) electrons. The highest BCUT2D eigenvalue weighted by molar-refractivity contribution is 5.81. The van der Waals surface area contributed by atoms with Crippen molar-refractivity contribution in [1.29, 1.82) is 0 Å². The molecule has 19 heavy (non-hydrogen) atoms. The molecule has 4 saturated carbocycles. The van der Waals surface area contributed by atoms with Crippen LogP contribution in [0.1, 0.15) is 52.4 Å². The van der Waals surface area contributed by atoms with Crippen LogP contribution >= 0.6 is 0 Å². The highest BCUT2D eigenvalue weighted by atomic mass is 16.4. The molecule has 0 amide bonds. The third-order valence-electron chi connectivity index (χ3n) is 5.54. The Bertz CT molecular complexity index is 392. The summed E-state index contributed by atoms with van der Waals surface area (Å²) in [6, 6.07) is 0. The molecule has 0 aromatic heterocycles. The van der Waals surface area contributed by atoms with E-state index in [1.54, 1.807) is 13.8 Å². The number of carboxylic acids is 1. The molecule has 0 atom stereocenters. The Morgan fingerprint density at radius 2 is 1.53 bits per heavy atom. The molecule has 0 aromatic carbocycles. The van der Waals surface area contributed by atoms with Crippen molar-refractivity contribution in [1.82, 2.24) is 0 Å². The number of carbonyl (C=O) groups is 1. The largest absolute Gasteiger partial charge is 0.478 e. The lowest BCUT2D eigenvalue weighted by Gasteiger charge is -2.59. The third kappa shape index (κ3) is 2.22. The molecule has 0 saturated heterocycles. The maximum absolute atomic E-state index is 11.2. The maximum Gasteiger partial charge on any atom is 0.328 e. The first-order chi connectivity index (χ1) is 8.78. The van der Waals surface area contributed by atoms with Crippen LogP contribution < -0.4 is 0 Å². The van der Waals surface area contributed by atoms with Crippen LogP contribution in [0.4, 0.5) is 0 Å². The molecule has 0 aromatic rings.